The molecule has 18 heavy (non-hydrogen) atoms. The van der Waals surface area contributed by atoms with Gasteiger partial charge in [-0.2, -0.15) is 0 Å². The Balaban J connectivity index is 1.89. The summed E-state index contributed by atoms with van der Waals surface area (Å²) in [5, 5.41) is 0. The van der Waals surface area contributed by atoms with Crippen molar-refractivity contribution >= 4 is 11.6 Å². The second-order valence-corrected chi connectivity index (χ2v) is 5.43. The highest BCUT2D eigenvalue weighted by Crippen LogP contribution is 2.35. The predicted octanol–water partition coefficient (Wildman–Crippen LogP) is 2.61. The number of carbonyl (C=O) groups excluding carboxylic acids is 1. The van der Waals surface area contributed by atoms with Gasteiger partial charge in [0.1, 0.15) is 0 Å². The van der Waals surface area contributed by atoms with Gasteiger partial charge in [0.25, 0.3) is 0 Å². The molecule has 3 heteroatoms. The number of rotatable bonds is 1. The maximum atomic E-state index is 12.6. The van der Waals surface area contributed by atoms with E-state index in [1.807, 2.05) is 29.2 Å². The van der Waals surface area contributed by atoms with E-state index in [1.54, 1.807) is 0 Å². The fourth-order valence-corrected chi connectivity index (χ4v) is 3.21. The van der Waals surface area contributed by atoms with Gasteiger partial charge in [0.05, 0.1) is 0 Å². The van der Waals surface area contributed by atoms with Crippen molar-refractivity contribution in [2.75, 3.05) is 11.4 Å². The van der Waals surface area contributed by atoms with Gasteiger partial charge in [-0.3, -0.25) is 4.79 Å². The first kappa shape index (κ1) is 11.7. The summed E-state index contributed by atoms with van der Waals surface area (Å²) >= 11 is 0. The van der Waals surface area contributed by atoms with Crippen molar-refractivity contribution in [1.82, 2.24) is 0 Å². The Hall–Kier alpha value is -1.35. The molecule has 1 aliphatic heterocycles. The van der Waals surface area contributed by atoms with Crippen LogP contribution in [0.15, 0.2) is 24.3 Å². The minimum atomic E-state index is 0.0776. The standard InChI is InChI=1S/C15H20N2O/c16-13-9-10-17(14-8-4-3-7-12(13)14)15(18)11-5-1-2-6-11/h3-4,7-8,11,13H,1-2,5-6,9-10,16H2. The Bertz CT molecular complexity index is 452. The molecule has 2 N–H and O–H groups in total. The summed E-state index contributed by atoms with van der Waals surface area (Å²) in [5.74, 6) is 0.555. The number of fused-ring (bicyclic) bond motifs is 1. The molecule has 0 saturated heterocycles. The van der Waals surface area contributed by atoms with Crippen molar-refractivity contribution in [2.45, 2.75) is 38.1 Å². The van der Waals surface area contributed by atoms with Crippen LogP contribution in [0.5, 0.6) is 0 Å². The monoisotopic (exact) mass is 244 g/mol. The molecule has 0 aromatic heterocycles. The van der Waals surface area contributed by atoms with Crippen LogP contribution < -0.4 is 10.6 Å². The van der Waals surface area contributed by atoms with Crippen molar-refractivity contribution in [3.63, 3.8) is 0 Å². The molecule has 1 aromatic rings. The lowest BCUT2D eigenvalue weighted by Gasteiger charge is -2.34. The summed E-state index contributed by atoms with van der Waals surface area (Å²) in [6.07, 6.45) is 5.39. The first-order chi connectivity index (χ1) is 8.77. The van der Waals surface area contributed by atoms with E-state index >= 15 is 0 Å². The van der Waals surface area contributed by atoms with Crippen molar-refractivity contribution < 1.29 is 4.79 Å². The van der Waals surface area contributed by atoms with Gasteiger partial charge in [-0.05, 0) is 30.9 Å². The Labute approximate surface area is 108 Å². The van der Waals surface area contributed by atoms with Gasteiger partial charge in [0.2, 0.25) is 5.91 Å². The van der Waals surface area contributed by atoms with Crippen LogP contribution in [-0.4, -0.2) is 12.5 Å². The topological polar surface area (TPSA) is 46.3 Å². The van der Waals surface area contributed by atoms with Gasteiger partial charge in [-0.1, -0.05) is 31.0 Å². The van der Waals surface area contributed by atoms with Gasteiger partial charge >= 0.3 is 0 Å². The molecule has 1 heterocycles. The van der Waals surface area contributed by atoms with Crippen LogP contribution in [0.2, 0.25) is 0 Å². The molecule has 1 atom stereocenters. The molecule has 1 aromatic carbocycles. The predicted molar refractivity (Wildman–Crippen MR) is 72.3 cm³/mol. The minimum absolute atomic E-state index is 0.0776. The quantitative estimate of drug-likeness (QED) is 0.825. The van der Waals surface area contributed by atoms with E-state index in [1.165, 1.54) is 12.8 Å². The third-order valence-electron chi connectivity index (χ3n) is 4.26. The van der Waals surface area contributed by atoms with E-state index in [4.69, 9.17) is 5.73 Å². The second kappa shape index (κ2) is 4.73. The van der Waals surface area contributed by atoms with Gasteiger partial charge < -0.3 is 10.6 Å². The lowest BCUT2D eigenvalue weighted by molar-refractivity contribution is -0.122. The summed E-state index contributed by atoms with van der Waals surface area (Å²) in [6.45, 7) is 0.771. The molecule has 3 nitrogen and oxygen atoms in total. The number of benzene rings is 1. The maximum Gasteiger partial charge on any atom is 0.230 e. The van der Waals surface area contributed by atoms with Crippen LogP contribution >= 0.6 is 0 Å². The highest BCUT2D eigenvalue weighted by molar-refractivity contribution is 5.96. The number of carbonyl (C=O) groups is 1. The van der Waals surface area contributed by atoms with Gasteiger partial charge in [-0.25, -0.2) is 0 Å². The first-order valence-electron chi connectivity index (χ1n) is 6.93. The molecular formula is C15H20N2O. The summed E-state index contributed by atoms with van der Waals surface area (Å²) in [6, 6.07) is 8.15. The number of hydrogen-bond acceptors (Lipinski definition) is 2. The number of para-hydroxylation sites is 1. The lowest BCUT2D eigenvalue weighted by atomic mass is 9.95. The van der Waals surface area contributed by atoms with E-state index in [2.05, 4.69) is 0 Å². The molecule has 1 aliphatic carbocycles. The molecule has 3 rings (SSSR count). The molecule has 96 valence electrons. The highest BCUT2D eigenvalue weighted by Gasteiger charge is 2.32. The van der Waals surface area contributed by atoms with Gasteiger partial charge in [0, 0.05) is 24.2 Å². The van der Waals surface area contributed by atoms with Crippen molar-refractivity contribution in [1.29, 1.82) is 0 Å². The third kappa shape index (κ3) is 1.93. The Morgan fingerprint density at radius 3 is 2.67 bits per heavy atom. The largest absolute Gasteiger partial charge is 0.324 e. The van der Waals surface area contributed by atoms with Gasteiger partial charge in [0.15, 0.2) is 0 Å². The molecular weight excluding hydrogens is 224 g/mol. The second-order valence-electron chi connectivity index (χ2n) is 5.43. The van der Waals surface area contributed by atoms with Crippen LogP contribution in [0.4, 0.5) is 5.69 Å². The fraction of sp³-hybridized carbons (Fsp3) is 0.533. The summed E-state index contributed by atoms with van der Waals surface area (Å²) in [4.78, 5) is 14.5. The highest BCUT2D eigenvalue weighted by atomic mass is 16.2. The van der Waals surface area contributed by atoms with Crippen LogP contribution in [0, 0.1) is 5.92 Å². The third-order valence-corrected chi connectivity index (χ3v) is 4.26. The molecule has 1 fully saturated rings. The molecule has 1 amide bonds. The lowest BCUT2D eigenvalue weighted by Crippen LogP contribution is -2.41. The Kier molecular flexibility index (Phi) is 3.08. The molecule has 2 aliphatic rings. The average Bonchev–Trinajstić information content (AvgIpc) is 2.93. The minimum Gasteiger partial charge on any atom is -0.324 e. The fourth-order valence-electron chi connectivity index (χ4n) is 3.21. The zero-order chi connectivity index (χ0) is 12.5. The van der Waals surface area contributed by atoms with Gasteiger partial charge in [-0.15, -0.1) is 0 Å². The summed E-state index contributed by atoms with van der Waals surface area (Å²) in [5.41, 5.74) is 8.28. The average molecular weight is 244 g/mol. The van der Waals surface area contributed by atoms with Crippen LogP contribution in [0.1, 0.15) is 43.7 Å². The van der Waals surface area contributed by atoms with Crippen molar-refractivity contribution in [2.24, 2.45) is 11.7 Å². The van der Waals surface area contributed by atoms with Crippen LogP contribution in [-0.2, 0) is 4.79 Å². The number of nitrogens with zero attached hydrogens (tertiary/aromatic N) is 1. The number of anilines is 1. The molecule has 0 bridgehead atoms. The number of amides is 1. The molecule has 1 saturated carbocycles. The first-order valence-corrected chi connectivity index (χ1v) is 6.93. The number of nitrogens with two attached hydrogens (primary N) is 1. The summed E-state index contributed by atoms with van der Waals surface area (Å²) in [7, 11) is 0. The SMILES string of the molecule is NC1CCN(C(=O)C2CCCC2)c2ccccc21. The van der Waals surface area contributed by atoms with E-state index in [9.17, 15) is 4.79 Å². The Morgan fingerprint density at radius 2 is 1.89 bits per heavy atom. The van der Waals surface area contributed by atoms with E-state index < -0.39 is 0 Å². The smallest absolute Gasteiger partial charge is 0.230 e. The maximum absolute atomic E-state index is 12.6. The molecule has 0 radical (unpaired) electrons. The van der Waals surface area contributed by atoms with E-state index in [0.717, 1.165) is 37.1 Å². The van der Waals surface area contributed by atoms with Crippen molar-refractivity contribution in [3.05, 3.63) is 29.8 Å². The van der Waals surface area contributed by atoms with Crippen LogP contribution in [0.3, 0.4) is 0 Å². The normalized spacial score (nSPS) is 24.1. The number of hydrogen-bond donors (Lipinski definition) is 1. The Morgan fingerprint density at radius 1 is 1.17 bits per heavy atom. The van der Waals surface area contributed by atoms with Crippen molar-refractivity contribution in [3.8, 4) is 0 Å². The summed E-state index contributed by atoms with van der Waals surface area (Å²) < 4.78 is 0. The zero-order valence-electron chi connectivity index (χ0n) is 10.6. The van der Waals surface area contributed by atoms with Crippen LogP contribution in [0.25, 0.3) is 0 Å². The zero-order valence-corrected chi connectivity index (χ0v) is 10.6. The molecule has 1 unspecified atom stereocenters. The van der Waals surface area contributed by atoms with E-state index in [0.29, 0.717) is 5.91 Å². The van der Waals surface area contributed by atoms with E-state index in [-0.39, 0.29) is 12.0 Å². The molecule has 0 spiro atoms.